The molecule has 0 aliphatic heterocycles. The number of hydrogen-bond acceptors (Lipinski definition) is 5. The van der Waals surface area contributed by atoms with Crippen molar-refractivity contribution in [2.45, 2.75) is 13.5 Å². The Labute approximate surface area is 101 Å². The van der Waals surface area contributed by atoms with Gasteiger partial charge in [-0.2, -0.15) is 0 Å². The second kappa shape index (κ2) is 7.70. The lowest BCUT2D eigenvalue weighted by Crippen LogP contribution is -2.35. The molecule has 0 saturated heterocycles. The van der Waals surface area contributed by atoms with Crippen LogP contribution in [0.5, 0.6) is 0 Å². The van der Waals surface area contributed by atoms with Crippen LogP contribution in [0, 0.1) is 6.92 Å². The van der Waals surface area contributed by atoms with Crippen molar-refractivity contribution in [3.63, 3.8) is 0 Å². The van der Waals surface area contributed by atoms with Crippen molar-refractivity contribution in [3.05, 3.63) is 23.8 Å². The first-order valence-corrected chi connectivity index (χ1v) is 5.46. The van der Waals surface area contributed by atoms with Crippen LogP contribution in [-0.2, 0) is 16.1 Å². The average molecular weight is 238 g/mol. The molecule has 0 saturated carbocycles. The molecule has 6 heteroatoms. The lowest BCUT2D eigenvalue weighted by atomic mass is 10.4. The molecule has 0 bridgehead atoms. The highest BCUT2D eigenvalue weighted by molar-refractivity contribution is 5.77. The van der Waals surface area contributed by atoms with Gasteiger partial charge >= 0.3 is 0 Å². The van der Waals surface area contributed by atoms with Gasteiger partial charge in [0.25, 0.3) is 0 Å². The zero-order chi connectivity index (χ0) is 12.5. The number of ether oxygens (including phenoxy) is 1. The molecular weight excluding hydrogens is 220 g/mol. The van der Waals surface area contributed by atoms with E-state index in [1.54, 1.807) is 19.5 Å². The third kappa shape index (κ3) is 5.94. The highest BCUT2D eigenvalue weighted by Crippen LogP contribution is 1.92. The Hall–Kier alpha value is -1.53. The van der Waals surface area contributed by atoms with E-state index in [0.717, 1.165) is 11.4 Å². The molecule has 0 atom stereocenters. The van der Waals surface area contributed by atoms with Gasteiger partial charge in [0, 0.05) is 19.9 Å². The van der Waals surface area contributed by atoms with Crippen molar-refractivity contribution in [1.82, 2.24) is 20.6 Å². The number of carbonyl (C=O) groups excluding carboxylic acids is 1. The molecule has 1 aromatic heterocycles. The zero-order valence-electron chi connectivity index (χ0n) is 10.2. The van der Waals surface area contributed by atoms with Crippen molar-refractivity contribution in [2.75, 3.05) is 26.8 Å². The van der Waals surface area contributed by atoms with Crippen LogP contribution in [0.2, 0.25) is 0 Å². The van der Waals surface area contributed by atoms with Crippen LogP contribution < -0.4 is 10.6 Å². The molecule has 0 unspecified atom stereocenters. The van der Waals surface area contributed by atoms with Gasteiger partial charge in [0.15, 0.2) is 0 Å². The van der Waals surface area contributed by atoms with Crippen LogP contribution >= 0.6 is 0 Å². The number of rotatable bonds is 7. The molecule has 0 fully saturated rings. The minimum Gasteiger partial charge on any atom is -0.383 e. The fraction of sp³-hybridized carbons (Fsp3) is 0.545. The quantitative estimate of drug-likeness (QED) is 0.634. The van der Waals surface area contributed by atoms with E-state index >= 15 is 0 Å². The van der Waals surface area contributed by atoms with Crippen LogP contribution in [-0.4, -0.2) is 42.7 Å². The monoisotopic (exact) mass is 238 g/mol. The van der Waals surface area contributed by atoms with Crippen molar-refractivity contribution in [1.29, 1.82) is 0 Å². The van der Waals surface area contributed by atoms with Gasteiger partial charge in [0.2, 0.25) is 5.91 Å². The summed E-state index contributed by atoms with van der Waals surface area (Å²) in [6.45, 7) is 3.81. The number of aromatic nitrogens is 2. The van der Waals surface area contributed by atoms with Crippen molar-refractivity contribution in [2.24, 2.45) is 0 Å². The summed E-state index contributed by atoms with van der Waals surface area (Å²) in [7, 11) is 1.62. The molecule has 0 radical (unpaired) electrons. The highest BCUT2D eigenvalue weighted by atomic mass is 16.5. The number of hydrogen-bond donors (Lipinski definition) is 2. The Morgan fingerprint density at radius 3 is 2.88 bits per heavy atom. The molecule has 1 rings (SSSR count). The number of amides is 1. The molecule has 0 aromatic carbocycles. The maximum Gasteiger partial charge on any atom is 0.234 e. The van der Waals surface area contributed by atoms with Gasteiger partial charge in [0.1, 0.15) is 0 Å². The first-order chi connectivity index (χ1) is 8.22. The Bertz CT molecular complexity index is 340. The summed E-state index contributed by atoms with van der Waals surface area (Å²) in [5.41, 5.74) is 1.61. The van der Waals surface area contributed by atoms with Gasteiger partial charge in [-0.3, -0.25) is 14.8 Å². The lowest BCUT2D eigenvalue weighted by Gasteiger charge is -2.06. The van der Waals surface area contributed by atoms with Gasteiger partial charge in [0.05, 0.1) is 37.3 Å². The summed E-state index contributed by atoms with van der Waals surface area (Å²) in [6.07, 6.45) is 3.34. The zero-order valence-corrected chi connectivity index (χ0v) is 10.2. The molecule has 0 aliphatic carbocycles. The van der Waals surface area contributed by atoms with Crippen LogP contribution in [0.3, 0.4) is 0 Å². The number of carbonyl (C=O) groups is 1. The third-order valence-corrected chi connectivity index (χ3v) is 2.07. The first-order valence-electron chi connectivity index (χ1n) is 5.46. The smallest absolute Gasteiger partial charge is 0.234 e. The molecule has 2 N–H and O–H groups in total. The normalized spacial score (nSPS) is 10.2. The molecule has 94 valence electrons. The van der Waals surface area contributed by atoms with E-state index in [1.807, 2.05) is 6.92 Å². The Kier molecular flexibility index (Phi) is 6.13. The minimum absolute atomic E-state index is 0.0662. The Morgan fingerprint density at radius 2 is 2.24 bits per heavy atom. The third-order valence-electron chi connectivity index (χ3n) is 2.07. The average Bonchev–Trinajstić information content (AvgIpc) is 2.34. The van der Waals surface area contributed by atoms with Crippen LogP contribution in [0.1, 0.15) is 11.4 Å². The summed E-state index contributed by atoms with van der Waals surface area (Å²) in [5, 5.41) is 5.71. The molecule has 1 aromatic rings. The van der Waals surface area contributed by atoms with E-state index in [9.17, 15) is 4.79 Å². The summed E-state index contributed by atoms with van der Waals surface area (Å²) in [5.74, 6) is -0.0662. The fourth-order valence-electron chi connectivity index (χ4n) is 1.14. The molecule has 0 spiro atoms. The molecular formula is C11H18N4O2. The number of nitrogens with zero attached hydrogens (tertiary/aromatic N) is 2. The summed E-state index contributed by atoms with van der Waals surface area (Å²) in [6, 6.07) is 0. The molecule has 0 aliphatic rings. The number of aryl methyl sites for hydroxylation is 1. The fourth-order valence-corrected chi connectivity index (χ4v) is 1.14. The molecule has 1 amide bonds. The van der Waals surface area contributed by atoms with Crippen LogP contribution in [0.25, 0.3) is 0 Å². The largest absolute Gasteiger partial charge is 0.383 e. The SMILES string of the molecule is COCCNCC(=O)NCc1cnc(C)cn1. The van der Waals surface area contributed by atoms with Crippen molar-refractivity contribution < 1.29 is 9.53 Å². The second-order valence-electron chi connectivity index (χ2n) is 3.60. The topological polar surface area (TPSA) is 76.1 Å². The highest BCUT2D eigenvalue weighted by Gasteiger charge is 2.01. The van der Waals surface area contributed by atoms with Crippen LogP contribution in [0.15, 0.2) is 12.4 Å². The van der Waals surface area contributed by atoms with Crippen LogP contribution in [0.4, 0.5) is 0 Å². The van der Waals surface area contributed by atoms with E-state index in [-0.39, 0.29) is 12.5 Å². The number of methoxy groups -OCH3 is 1. The molecule has 17 heavy (non-hydrogen) atoms. The predicted octanol–water partition coefficient (Wildman–Crippen LogP) is -0.363. The first kappa shape index (κ1) is 13.5. The predicted molar refractivity (Wildman–Crippen MR) is 63.4 cm³/mol. The second-order valence-corrected chi connectivity index (χ2v) is 3.60. The Balaban J connectivity index is 2.17. The maximum atomic E-state index is 11.4. The van der Waals surface area contributed by atoms with Crippen molar-refractivity contribution in [3.8, 4) is 0 Å². The summed E-state index contributed by atoms with van der Waals surface area (Å²) >= 11 is 0. The lowest BCUT2D eigenvalue weighted by molar-refractivity contribution is -0.120. The maximum absolute atomic E-state index is 11.4. The van der Waals surface area contributed by atoms with Crippen molar-refractivity contribution >= 4 is 5.91 Å². The van der Waals surface area contributed by atoms with E-state index in [2.05, 4.69) is 20.6 Å². The number of nitrogens with one attached hydrogen (secondary N) is 2. The van der Waals surface area contributed by atoms with E-state index in [4.69, 9.17) is 4.74 Å². The van der Waals surface area contributed by atoms with Gasteiger partial charge in [-0.15, -0.1) is 0 Å². The van der Waals surface area contributed by atoms with Gasteiger partial charge < -0.3 is 15.4 Å². The van der Waals surface area contributed by atoms with Gasteiger partial charge in [-0.05, 0) is 6.92 Å². The van der Waals surface area contributed by atoms with E-state index in [1.165, 1.54) is 0 Å². The van der Waals surface area contributed by atoms with Gasteiger partial charge in [-0.25, -0.2) is 0 Å². The van der Waals surface area contributed by atoms with E-state index in [0.29, 0.717) is 19.7 Å². The Morgan fingerprint density at radius 1 is 1.41 bits per heavy atom. The molecule has 6 nitrogen and oxygen atoms in total. The standard InChI is InChI=1S/C11H18N4O2/c1-9-5-14-10(6-13-9)7-15-11(16)8-12-3-4-17-2/h5-6,12H,3-4,7-8H2,1-2H3,(H,15,16). The summed E-state index contributed by atoms with van der Waals surface area (Å²) < 4.78 is 4.85. The minimum atomic E-state index is -0.0662. The van der Waals surface area contributed by atoms with Gasteiger partial charge in [-0.1, -0.05) is 0 Å². The summed E-state index contributed by atoms with van der Waals surface area (Å²) in [4.78, 5) is 19.6. The van der Waals surface area contributed by atoms with E-state index < -0.39 is 0 Å². The molecule has 1 heterocycles.